The Balaban J connectivity index is 2.21. The van der Waals surface area contributed by atoms with Gasteiger partial charge in [0.2, 0.25) is 5.97 Å². The Labute approximate surface area is 121 Å². The molecule has 1 aromatic carbocycles. The van der Waals surface area contributed by atoms with Gasteiger partial charge in [-0.1, -0.05) is 19.9 Å². The maximum absolute atomic E-state index is 13.1. The maximum atomic E-state index is 13.1. The minimum atomic E-state index is -4.38. The lowest BCUT2D eigenvalue weighted by molar-refractivity contribution is -0.115. The fraction of sp³-hybridized carbons (Fsp3) is 0.533. The molecule has 0 saturated heterocycles. The predicted octanol–water partition coefficient (Wildman–Crippen LogP) is 4.72. The van der Waals surface area contributed by atoms with Gasteiger partial charge in [0.05, 0.1) is 5.56 Å². The number of hydrogen-bond acceptors (Lipinski definition) is 2. The highest BCUT2D eigenvalue weighted by Crippen LogP contribution is 2.52. The summed E-state index contributed by atoms with van der Waals surface area (Å²) in [5.74, 6) is 0.124. The molecule has 2 N–H and O–H groups in total. The first kappa shape index (κ1) is 15.8. The molecule has 1 aromatic rings. The Hall–Kier alpha value is -1.59. The van der Waals surface area contributed by atoms with Crippen molar-refractivity contribution in [3.8, 4) is 0 Å². The van der Waals surface area contributed by atoms with Gasteiger partial charge in [-0.2, -0.15) is 17.6 Å². The predicted molar refractivity (Wildman–Crippen MR) is 74.6 cm³/mol. The third-order valence-corrected chi connectivity index (χ3v) is 3.88. The van der Waals surface area contributed by atoms with Crippen LogP contribution in [-0.2, 0) is 0 Å². The topological polar surface area (TPSA) is 35.9 Å². The monoisotopic (exact) mass is 302 g/mol. The zero-order chi connectivity index (χ0) is 15.8. The number of hydrogen-bond donors (Lipinski definition) is 2. The first-order valence-electron chi connectivity index (χ1n) is 6.88. The van der Waals surface area contributed by atoms with Crippen LogP contribution in [0.3, 0.4) is 0 Å². The van der Waals surface area contributed by atoms with Crippen LogP contribution >= 0.6 is 0 Å². The number of benzene rings is 1. The lowest BCUT2D eigenvalue weighted by atomic mass is 10.0. The molecular formula is C15H18F4N2. The van der Waals surface area contributed by atoms with Crippen molar-refractivity contribution in [2.24, 2.45) is 11.8 Å². The van der Waals surface area contributed by atoms with Gasteiger partial charge in [0.1, 0.15) is 6.54 Å². The van der Waals surface area contributed by atoms with Crippen molar-refractivity contribution < 1.29 is 17.6 Å². The van der Waals surface area contributed by atoms with Crippen molar-refractivity contribution in [2.45, 2.75) is 32.4 Å². The number of rotatable bonds is 5. The van der Waals surface area contributed by atoms with Crippen molar-refractivity contribution in [3.05, 3.63) is 29.3 Å². The molecule has 0 amide bonds. The summed E-state index contributed by atoms with van der Waals surface area (Å²) in [6.45, 7) is 2.98. The van der Waals surface area contributed by atoms with Crippen molar-refractivity contribution in [2.75, 3.05) is 11.9 Å². The van der Waals surface area contributed by atoms with E-state index in [2.05, 4.69) is 19.2 Å². The van der Waals surface area contributed by atoms with E-state index < -0.39 is 18.7 Å². The zero-order valence-electron chi connectivity index (χ0n) is 11.9. The Morgan fingerprint density at radius 3 is 2.52 bits per heavy atom. The van der Waals surface area contributed by atoms with E-state index in [1.807, 2.05) is 0 Å². The zero-order valence-corrected chi connectivity index (χ0v) is 11.9. The summed E-state index contributed by atoms with van der Waals surface area (Å²) in [6.07, 6.45) is -3.38. The molecule has 6 heteroatoms. The van der Waals surface area contributed by atoms with E-state index in [0.717, 1.165) is 12.0 Å². The van der Waals surface area contributed by atoms with E-state index in [1.165, 1.54) is 6.07 Å². The summed E-state index contributed by atoms with van der Waals surface area (Å²) in [7, 11) is 0. The van der Waals surface area contributed by atoms with E-state index in [0.29, 0.717) is 17.8 Å². The number of halogens is 4. The smallest absolute Gasteiger partial charge is 0.376 e. The minimum absolute atomic E-state index is 0.0340. The highest BCUT2D eigenvalue weighted by molar-refractivity contribution is 5.96. The Morgan fingerprint density at radius 2 is 2.05 bits per heavy atom. The molecule has 21 heavy (non-hydrogen) atoms. The highest BCUT2D eigenvalue weighted by atomic mass is 19.4. The number of anilines is 1. The van der Waals surface area contributed by atoms with Crippen LogP contribution in [0.25, 0.3) is 0 Å². The Morgan fingerprint density at radius 1 is 1.38 bits per heavy atom. The van der Waals surface area contributed by atoms with Gasteiger partial charge >= 0.3 is 6.18 Å². The summed E-state index contributed by atoms with van der Waals surface area (Å²) in [4.78, 5) is 0. The van der Waals surface area contributed by atoms with Crippen molar-refractivity contribution in [1.29, 1.82) is 5.41 Å². The molecule has 116 valence electrons. The van der Waals surface area contributed by atoms with Crippen LogP contribution in [-0.4, -0.2) is 18.7 Å². The lowest BCUT2D eigenvalue weighted by Crippen LogP contribution is -2.22. The van der Waals surface area contributed by atoms with Gasteiger partial charge in [-0.25, -0.2) is 0 Å². The van der Waals surface area contributed by atoms with Gasteiger partial charge in [0.15, 0.2) is 0 Å². The molecule has 0 aromatic heterocycles. The maximum Gasteiger partial charge on any atom is 0.405 e. The summed E-state index contributed by atoms with van der Waals surface area (Å²) < 4.78 is 50.0. The van der Waals surface area contributed by atoms with Crippen LogP contribution in [0.5, 0.6) is 0 Å². The van der Waals surface area contributed by atoms with E-state index in [4.69, 9.17) is 5.41 Å². The molecule has 2 nitrogen and oxygen atoms in total. The van der Waals surface area contributed by atoms with E-state index in [9.17, 15) is 17.6 Å². The molecule has 1 saturated carbocycles. The fourth-order valence-corrected chi connectivity index (χ4v) is 2.66. The molecule has 0 heterocycles. The SMILES string of the molecule is CC(C)[C@H]1C[C@@H]1c1ccc(C(=N)F)c(NCC(F)(F)F)c1. The fourth-order valence-electron chi connectivity index (χ4n) is 2.66. The molecular weight excluding hydrogens is 284 g/mol. The summed E-state index contributed by atoms with van der Waals surface area (Å²) >= 11 is 0. The molecule has 1 aliphatic rings. The lowest BCUT2D eigenvalue weighted by Gasteiger charge is -2.14. The van der Waals surface area contributed by atoms with Crippen LogP contribution < -0.4 is 5.32 Å². The molecule has 1 aliphatic carbocycles. The summed E-state index contributed by atoms with van der Waals surface area (Å²) in [5, 5.41) is 9.22. The number of nitrogens with one attached hydrogen (secondary N) is 2. The second-order valence-electron chi connectivity index (χ2n) is 5.84. The molecule has 1 fully saturated rings. The minimum Gasteiger partial charge on any atom is -0.376 e. The van der Waals surface area contributed by atoms with Crippen LogP contribution in [0.4, 0.5) is 23.2 Å². The summed E-state index contributed by atoms with van der Waals surface area (Å²) in [6, 6.07) is 4.63. The average molecular weight is 302 g/mol. The Kier molecular flexibility index (Phi) is 4.25. The first-order valence-corrected chi connectivity index (χ1v) is 6.88. The first-order chi connectivity index (χ1) is 9.69. The van der Waals surface area contributed by atoms with Crippen molar-refractivity contribution in [1.82, 2.24) is 0 Å². The molecule has 2 atom stereocenters. The van der Waals surface area contributed by atoms with Gasteiger partial charge in [-0.05, 0) is 41.9 Å². The standard InChI is InChI=1S/C15H18F4N2/c1-8(2)11-6-12(11)9-3-4-10(14(16)20)13(5-9)21-7-15(17,18)19/h3-5,8,11-12,20-21H,6-7H2,1-2H3/t11-,12-/m1/s1. The quantitative estimate of drug-likeness (QED) is 0.599. The van der Waals surface area contributed by atoms with Gasteiger partial charge in [-0.3, -0.25) is 5.41 Å². The third-order valence-electron chi connectivity index (χ3n) is 3.88. The average Bonchev–Trinajstić information content (AvgIpc) is 3.15. The van der Waals surface area contributed by atoms with E-state index in [-0.39, 0.29) is 11.3 Å². The van der Waals surface area contributed by atoms with Crippen molar-refractivity contribution >= 4 is 11.7 Å². The van der Waals surface area contributed by atoms with Crippen LogP contribution in [0.15, 0.2) is 18.2 Å². The van der Waals surface area contributed by atoms with Crippen LogP contribution in [0, 0.1) is 17.2 Å². The van der Waals surface area contributed by atoms with Gasteiger partial charge in [0.25, 0.3) is 0 Å². The highest BCUT2D eigenvalue weighted by Gasteiger charge is 2.40. The second-order valence-corrected chi connectivity index (χ2v) is 5.84. The van der Waals surface area contributed by atoms with Crippen molar-refractivity contribution in [3.63, 3.8) is 0 Å². The van der Waals surface area contributed by atoms with Gasteiger partial charge in [0, 0.05) is 5.69 Å². The van der Waals surface area contributed by atoms with Crippen LogP contribution in [0.1, 0.15) is 37.3 Å². The molecule has 0 aliphatic heterocycles. The molecule has 0 bridgehead atoms. The summed E-state index contributed by atoms with van der Waals surface area (Å²) in [5.41, 5.74) is 0.805. The normalized spacial score (nSPS) is 21.5. The largest absolute Gasteiger partial charge is 0.405 e. The Bertz CT molecular complexity index is 537. The number of alkyl halides is 3. The van der Waals surface area contributed by atoms with E-state index >= 15 is 0 Å². The third kappa shape index (κ3) is 3.95. The van der Waals surface area contributed by atoms with Gasteiger partial charge < -0.3 is 5.32 Å². The molecule has 2 rings (SSSR count). The molecule has 0 spiro atoms. The molecule has 0 radical (unpaired) electrons. The molecule has 0 unspecified atom stereocenters. The van der Waals surface area contributed by atoms with Gasteiger partial charge in [-0.15, -0.1) is 0 Å². The van der Waals surface area contributed by atoms with E-state index in [1.54, 1.807) is 12.1 Å². The van der Waals surface area contributed by atoms with Crippen LogP contribution in [0.2, 0.25) is 0 Å². The second kappa shape index (κ2) is 5.66.